The first kappa shape index (κ1) is 38.6. The number of benzene rings is 2. The molecular weight excluding hydrogens is 713 g/mol. The van der Waals surface area contributed by atoms with Crippen LogP contribution in [0.4, 0.5) is 19.4 Å². The number of amides is 1. The largest absolute Gasteiger partial charge is 0.444 e. The minimum absolute atomic E-state index is 0.101. The van der Waals surface area contributed by atoms with Crippen LogP contribution in [0.5, 0.6) is 0 Å². The number of anilines is 1. The molecule has 1 amide bonds. The number of piperazine rings is 1. The number of fused-ring (bicyclic) bond motifs is 4. The molecule has 9 nitrogen and oxygen atoms in total. The third kappa shape index (κ3) is 7.00. The van der Waals surface area contributed by atoms with Crippen LogP contribution in [-0.4, -0.2) is 79.5 Å². The molecule has 4 aromatic rings. The molecular formula is C40H49F2N5O4SSi. The SMILES string of the molecule is CC(C)[Si](C#Cc1c(F)ccc2cccc(-c3ncc4c(N5C[C@H]6CC[C@@H](C5)N6C(=O)OC(C)(C)C)nc(S(C)(=O)=O)nc4c3F)c12)(C(C)C)C(C)C. The second kappa shape index (κ2) is 13.9. The summed E-state index contributed by atoms with van der Waals surface area (Å²) in [6.07, 6.45) is 3.51. The van der Waals surface area contributed by atoms with E-state index in [0.717, 1.165) is 19.1 Å². The van der Waals surface area contributed by atoms with E-state index in [-0.39, 0.29) is 40.1 Å². The number of halogens is 2. The molecule has 2 saturated heterocycles. The summed E-state index contributed by atoms with van der Waals surface area (Å²) in [5.41, 5.74) is 4.10. The summed E-state index contributed by atoms with van der Waals surface area (Å²) in [4.78, 5) is 30.1. The summed E-state index contributed by atoms with van der Waals surface area (Å²) >= 11 is 0. The molecule has 2 atom stereocenters. The summed E-state index contributed by atoms with van der Waals surface area (Å²) in [6.45, 7) is 19.3. The number of ether oxygens (including phenoxy) is 1. The molecule has 2 aromatic heterocycles. The Morgan fingerprint density at radius 2 is 1.58 bits per heavy atom. The lowest BCUT2D eigenvalue weighted by Crippen LogP contribution is -2.57. The molecule has 2 aliphatic heterocycles. The van der Waals surface area contributed by atoms with Gasteiger partial charge in [0.05, 0.1) is 23.0 Å². The summed E-state index contributed by atoms with van der Waals surface area (Å²) < 4.78 is 64.5. The first-order valence-corrected chi connectivity index (χ1v) is 22.4. The van der Waals surface area contributed by atoms with E-state index < -0.39 is 46.4 Å². The molecule has 0 spiro atoms. The van der Waals surface area contributed by atoms with Gasteiger partial charge in [-0.1, -0.05) is 71.7 Å². The number of hydrogen-bond acceptors (Lipinski definition) is 8. The van der Waals surface area contributed by atoms with Gasteiger partial charge in [-0.25, -0.2) is 32.0 Å². The molecule has 282 valence electrons. The lowest BCUT2D eigenvalue weighted by atomic mass is 9.96. The number of sulfone groups is 1. The average Bonchev–Trinajstić information content (AvgIpc) is 3.33. The second-order valence-electron chi connectivity index (χ2n) is 16.4. The van der Waals surface area contributed by atoms with Gasteiger partial charge >= 0.3 is 6.09 Å². The molecule has 0 N–H and O–H groups in total. The Morgan fingerprint density at radius 3 is 2.15 bits per heavy atom. The minimum atomic E-state index is -3.98. The van der Waals surface area contributed by atoms with E-state index >= 15 is 8.78 Å². The van der Waals surface area contributed by atoms with E-state index in [4.69, 9.17) is 4.74 Å². The van der Waals surface area contributed by atoms with E-state index in [1.165, 1.54) is 12.3 Å². The van der Waals surface area contributed by atoms with Gasteiger partial charge in [0.25, 0.3) is 0 Å². The fourth-order valence-electron chi connectivity index (χ4n) is 8.58. The Morgan fingerprint density at radius 1 is 0.962 bits per heavy atom. The summed E-state index contributed by atoms with van der Waals surface area (Å²) in [5.74, 6) is 2.13. The van der Waals surface area contributed by atoms with Crippen LogP contribution >= 0.6 is 0 Å². The highest BCUT2D eigenvalue weighted by Crippen LogP contribution is 2.42. The fraction of sp³-hybridized carbons (Fsp3) is 0.500. The van der Waals surface area contributed by atoms with Gasteiger partial charge in [0, 0.05) is 36.5 Å². The zero-order valence-corrected chi connectivity index (χ0v) is 34.0. The van der Waals surface area contributed by atoms with Crippen molar-refractivity contribution in [1.29, 1.82) is 0 Å². The van der Waals surface area contributed by atoms with Crippen molar-refractivity contribution < 1.29 is 26.7 Å². The Labute approximate surface area is 312 Å². The van der Waals surface area contributed by atoms with E-state index in [9.17, 15) is 13.2 Å². The average molecular weight is 762 g/mol. The maximum atomic E-state index is 17.1. The second-order valence-corrected chi connectivity index (χ2v) is 23.9. The summed E-state index contributed by atoms with van der Waals surface area (Å²) in [7, 11) is -6.24. The van der Waals surface area contributed by atoms with Gasteiger partial charge < -0.3 is 9.64 Å². The highest BCUT2D eigenvalue weighted by Gasteiger charge is 2.45. The van der Waals surface area contributed by atoms with Crippen molar-refractivity contribution in [3.05, 3.63) is 53.7 Å². The van der Waals surface area contributed by atoms with Crippen LogP contribution in [-0.2, 0) is 14.6 Å². The van der Waals surface area contributed by atoms with Crippen molar-refractivity contribution in [1.82, 2.24) is 19.9 Å². The molecule has 0 radical (unpaired) electrons. The van der Waals surface area contributed by atoms with E-state index in [0.29, 0.717) is 46.0 Å². The van der Waals surface area contributed by atoms with Crippen molar-refractivity contribution in [2.24, 2.45) is 0 Å². The first-order valence-electron chi connectivity index (χ1n) is 18.3. The topological polar surface area (TPSA) is 106 Å². The zero-order chi connectivity index (χ0) is 38.8. The predicted octanol–water partition coefficient (Wildman–Crippen LogP) is 8.68. The van der Waals surface area contributed by atoms with Crippen LogP contribution in [0.25, 0.3) is 32.9 Å². The molecule has 13 heteroatoms. The minimum Gasteiger partial charge on any atom is -0.444 e. The van der Waals surface area contributed by atoms with Crippen LogP contribution in [0.15, 0.2) is 41.7 Å². The van der Waals surface area contributed by atoms with Crippen molar-refractivity contribution in [2.75, 3.05) is 24.2 Å². The van der Waals surface area contributed by atoms with Crippen molar-refractivity contribution in [3.8, 4) is 22.7 Å². The third-order valence-electron chi connectivity index (χ3n) is 10.9. The van der Waals surface area contributed by atoms with Crippen molar-refractivity contribution >= 4 is 51.5 Å². The van der Waals surface area contributed by atoms with Gasteiger partial charge in [-0.2, -0.15) is 0 Å². The van der Waals surface area contributed by atoms with Crippen LogP contribution in [0.2, 0.25) is 16.6 Å². The Kier molecular flexibility index (Phi) is 10.1. The number of hydrogen-bond donors (Lipinski definition) is 0. The monoisotopic (exact) mass is 761 g/mol. The van der Waals surface area contributed by atoms with Crippen molar-refractivity contribution in [2.45, 2.75) is 115 Å². The van der Waals surface area contributed by atoms with Crippen LogP contribution in [0.1, 0.15) is 80.7 Å². The van der Waals surface area contributed by atoms with E-state index in [2.05, 4.69) is 68.0 Å². The molecule has 0 unspecified atom stereocenters. The quantitative estimate of drug-likeness (QED) is 0.109. The molecule has 2 aromatic carbocycles. The molecule has 2 aliphatic rings. The molecule has 6 rings (SSSR count). The Bertz CT molecular complexity index is 2240. The summed E-state index contributed by atoms with van der Waals surface area (Å²) in [6, 6.07) is 7.87. The zero-order valence-electron chi connectivity index (χ0n) is 32.2. The van der Waals surface area contributed by atoms with Crippen molar-refractivity contribution in [3.63, 3.8) is 0 Å². The van der Waals surface area contributed by atoms with Gasteiger partial charge in [-0.3, -0.25) is 9.88 Å². The number of rotatable bonds is 6. The normalized spacial score (nSPS) is 18.0. The molecule has 0 aliphatic carbocycles. The van der Waals surface area contributed by atoms with Gasteiger partial charge in [0.1, 0.15) is 36.5 Å². The maximum Gasteiger partial charge on any atom is 0.410 e. The lowest BCUT2D eigenvalue weighted by molar-refractivity contribution is 0.0123. The van der Waals surface area contributed by atoms with Gasteiger partial charge in [0.2, 0.25) is 15.0 Å². The number of carbonyl (C=O) groups is 1. The van der Waals surface area contributed by atoms with Gasteiger partial charge in [-0.15, -0.1) is 5.54 Å². The van der Waals surface area contributed by atoms with Crippen LogP contribution < -0.4 is 4.90 Å². The van der Waals surface area contributed by atoms with Crippen LogP contribution in [0, 0.1) is 23.1 Å². The summed E-state index contributed by atoms with van der Waals surface area (Å²) in [5, 5.41) is 0.805. The number of pyridine rings is 1. The Hall–Kier alpha value is -4.15. The number of aromatic nitrogens is 3. The number of nitrogens with zero attached hydrogens (tertiary/aromatic N) is 5. The van der Waals surface area contributed by atoms with Gasteiger partial charge in [0.15, 0.2) is 5.82 Å². The van der Waals surface area contributed by atoms with E-state index in [1.54, 1.807) is 23.1 Å². The first-order chi connectivity index (χ1) is 24.7. The fourth-order valence-corrected chi connectivity index (χ4v) is 14.3. The molecule has 2 fully saturated rings. The predicted molar refractivity (Wildman–Crippen MR) is 208 cm³/mol. The standard InChI is InChI=1S/C40H49F2N5O4SSi/c1-23(2)53(24(3)4,25(5)6)19-18-29-32(41)17-14-26-12-11-13-30(33(26)29)35-34(42)36-31(20-43-35)37(45-38(44-36)52(10,49)50)46-21-27-15-16-28(22-46)47(27)39(48)51-40(7,8)9/h11-14,17,20,23-25,27-28H,15-16,21-22H2,1-10H3/t27-,28+. The Balaban J connectivity index is 1.51. The van der Waals surface area contributed by atoms with Crippen LogP contribution in [0.3, 0.4) is 0 Å². The molecule has 4 heterocycles. The smallest absolute Gasteiger partial charge is 0.410 e. The highest BCUT2D eigenvalue weighted by molar-refractivity contribution is 7.90. The molecule has 2 bridgehead atoms. The molecule has 0 saturated carbocycles. The van der Waals surface area contributed by atoms with E-state index in [1.807, 2.05) is 31.7 Å². The third-order valence-corrected chi connectivity index (χ3v) is 18.0. The van der Waals surface area contributed by atoms with Gasteiger partial charge in [-0.05, 0) is 61.7 Å². The lowest BCUT2D eigenvalue weighted by Gasteiger charge is -2.42. The highest BCUT2D eigenvalue weighted by atomic mass is 32.2. The maximum absolute atomic E-state index is 17.1. The number of carbonyl (C=O) groups excluding carboxylic acids is 1. The molecule has 53 heavy (non-hydrogen) atoms.